The summed E-state index contributed by atoms with van der Waals surface area (Å²) in [5.74, 6) is 0.749. The van der Waals surface area contributed by atoms with E-state index < -0.39 is 0 Å². The molecule has 0 fully saturated rings. The molecule has 0 radical (unpaired) electrons. The van der Waals surface area contributed by atoms with E-state index >= 15 is 0 Å². The third-order valence-corrected chi connectivity index (χ3v) is 6.43. The molecule has 5 nitrogen and oxygen atoms in total. The van der Waals surface area contributed by atoms with Gasteiger partial charge in [-0.3, -0.25) is 10.1 Å². The van der Waals surface area contributed by atoms with Crippen LogP contribution in [-0.2, 0) is 0 Å². The largest absolute Gasteiger partial charge is 0.436 e. The molecule has 174 valence electrons. The molecule has 0 bridgehead atoms. The monoisotopic (exact) mass is 479 g/mol. The van der Waals surface area contributed by atoms with E-state index in [2.05, 4.69) is 36.6 Å². The molecular weight excluding hydrogens is 454 g/mol. The quantitative estimate of drug-likeness (QED) is 0.259. The number of thiocarbonyl (C=S) groups is 1. The molecule has 1 aromatic heterocycles. The number of oxazole rings is 1. The van der Waals surface area contributed by atoms with Gasteiger partial charge in [0.2, 0.25) is 5.89 Å². The molecule has 1 atom stereocenters. The molecule has 1 unspecified atom stereocenters. The number of aromatic nitrogens is 1. The summed E-state index contributed by atoms with van der Waals surface area (Å²) < 4.78 is 6.00. The molecule has 4 aromatic carbocycles. The highest BCUT2D eigenvalue weighted by molar-refractivity contribution is 7.80. The van der Waals surface area contributed by atoms with Gasteiger partial charge in [0.15, 0.2) is 10.7 Å². The number of anilines is 1. The minimum Gasteiger partial charge on any atom is -0.436 e. The van der Waals surface area contributed by atoms with E-state index in [1.165, 1.54) is 5.56 Å². The fourth-order valence-electron chi connectivity index (χ4n) is 4.10. The summed E-state index contributed by atoms with van der Waals surface area (Å²) in [5, 5.41) is 7.98. The van der Waals surface area contributed by atoms with E-state index in [-0.39, 0.29) is 11.0 Å². The second kappa shape index (κ2) is 9.68. The van der Waals surface area contributed by atoms with Crippen LogP contribution in [0, 0.1) is 0 Å². The Morgan fingerprint density at radius 2 is 1.80 bits per heavy atom. The number of carbonyl (C=O) groups excluding carboxylic acids is 1. The number of rotatable bonds is 5. The molecule has 1 amide bonds. The zero-order chi connectivity index (χ0) is 24.4. The minimum absolute atomic E-state index is 0.218. The molecule has 0 aliphatic carbocycles. The number of benzene rings is 4. The van der Waals surface area contributed by atoms with Crippen molar-refractivity contribution in [2.75, 3.05) is 5.32 Å². The van der Waals surface area contributed by atoms with E-state index in [4.69, 9.17) is 21.6 Å². The second-order valence-electron chi connectivity index (χ2n) is 8.57. The molecule has 1 heterocycles. The first-order chi connectivity index (χ1) is 17.0. The third kappa shape index (κ3) is 4.79. The summed E-state index contributed by atoms with van der Waals surface area (Å²) in [7, 11) is 0. The fourth-order valence-corrected chi connectivity index (χ4v) is 4.31. The summed E-state index contributed by atoms with van der Waals surface area (Å²) in [6.45, 7) is 4.38. The maximum atomic E-state index is 12.9. The highest BCUT2D eigenvalue weighted by Gasteiger charge is 2.14. The van der Waals surface area contributed by atoms with Crippen LogP contribution in [0.5, 0.6) is 0 Å². The van der Waals surface area contributed by atoms with Crippen molar-refractivity contribution in [1.82, 2.24) is 10.3 Å². The Bertz CT molecular complexity index is 1550. The summed E-state index contributed by atoms with van der Waals surface area (Å²) in [5.41, 5.74) is 4.97. The Balaban J connectivity index is 1.33. The van der Waals surface area contributed by atoms with E-state index in [1.54, 1.807) is 6.07 Å². The standard InChI is InChI=1S/C29H25N3O2S/c1-3-18(2)20-14-15-26-25(17-20)31-28(34-26)21-10-6-11-22(16-21)30-29(35)32-27(33)24-13-7-9-19-8-4-5-12-23(19)24/h4-18H,3H2,1-2H3,(H2,30,32,33,35). The number of hydrogen-bond donors (Lipinski definition) is 2. The molecule has 5 aromatic rings. The predicted octanol–water partition coefficient (Wildman–Crippen LogP) is 7.29. The van der Waals surface area contributed by atoms with Crippen LogP contribution in [0.25, 0.3) is 33.3 Å². The van der Waals surface area contributed by atoms with Crippen molar-refractivity contribution in [3.8, 4) is 11.5 Å². The van der Waals surface area contributed by atoms with Crippen LogP contribution < -0.4 is 10.6 Å². The van der Waals surface area contributed by atoms with Crippen LogP contribution >= 0.6 is 12.2 Å². The minimum atomic E-state index is -0.258. The second-order valence-corrected chi connectivity index (χ2v) is 8.98. The van der Waals surface area contributed by atoms with Gasteiger partial charge in [0.25, 0.3) is 5.91 Å². The summed E-state index contributed by atoms with van der Waals surface area (Å²) >= 11 is 5.42. The molecule has 0 spiro atoms. The smallest absolute Gasteiger partial charge is 0.258 e. The lowest BCUT2D eigenvalue weighted by atomic mass is 9.98. The van der Waals surface area contributed by atoms with Gasteiger partial charge in [-0.2, -0.15) is 0 Å². The summed E-state index contributed by atoms with van der Waals surface area (Å²) in [6, 6.07) is 27.2. The maximum Gasteiger partial charge on any atom is 0.258 e. The maximum absolute atomic E-state index is 12.9. The summed E-state index contributed by atoms with van der Waals surface area (Å²) in [6.07, 6.45) is 1.07. The van der Waals surface area contributed by atoms with Gasteiger partial charge in [-0.25, -0.2) is 4.98 Å². The Labute approximate surface area is 209 Å². The average molecular weight is 480 g/mol. The zero-order valence-corrected chi connectivity index (χ0v) is 20.4. The van der Waals surface area contributed by atoms with Crippen molar-refractivity contribution in [2.24, 2.45) is 0 Å². The molecule has 6 heteroatoms. The van der Waals surface area contributed by atoms with Gasteiger partial charge in [-0.05, 0) is 77.3 Å². The molecule has 0 aliphatic rings. The number of fused-ring (bicyclic) bond motifs is 2. The van der Waals surface area contributed by atoms with Crippen LogP contribution in [0.1, 0.15) is 42.1 Å². The molecule has 5 rings (SSSR count). The topological polar surface area (TPSA) is 67.2 Å². The van der Waals surface area contributed by atoms with E-state index in [9.17, 15) is 4.79 Å². The van der Waals surface area contributed by atoms with Gasteiger partial charge in [-0.15, -0.1) is 0 Å². The number of nitrogens with one attached hydrogen (secondary N) is 2. The SMILES string of the molecule is CCC(C)c1ccc2oc(-c3cccc(NC(=S)NC(=O)c4cccc5ccccc45)c3)nc2c1. The zero-order valence-electron chi connectivity index (χ0n) is 19.5. The normalized spacial score (nSPS) is 11.9. The highest BCUT2D eigenvalue weighted by Crippen LogP contribution is 2.29. The van der Waals surface area contributed by atoms with Gasteiger partial charge in [0, 0.05) is 16.8 Å². The van der Waals surface area contributed by atoms with Gasteiger partial charge in [0.05, 0.1) is 0 Å². The Morgan fingerprint density at radius 3 is 2.66 bits per heavy atom. The van der Waals surface area contributed by atoms with Crippen LogP contribution in [0.15, 0.2) is 89.3 Å². The Hall–Kier alpha value is -4.03. The van der Waals surface area contributed by atoms with Gasteiger partial charge < -0.3 is 9.73 Å². The van der Waals surface area contributed by atoms with Crippen LogP contribution in [0.3, 0.4) is 0 Å². The lowest BCUT2D eigenvalue weighted by Gasteiger charge is -2.11. The first kappa shape index (κ1) is 22.7. The number of amides is 1. The lowest BCUT2D eigenvalue weighted by Crippen LogP contribution is -2.34. The van der Waals surface area contributed by atoms with Crippen molar-refractivity contribution in [2.45, 2.75) is 26.2 Å². The van der Waals surface area contributed by atoms with E-state index in [0.717, 1.165) is 39.5 Å². The van der Waals surface area contributed by atoms with Gasteiger partial charge >= 0.3 is 0 Å². The average Bonchev–Trinajstić information content (AvgIpc) is 3.31. The Morgan fingerprint density at radius 1 is 1.00 bits per heavy atom. The van der Waals surface area contributed by atoms with Crippen LogP contribution in [0.4, 0.5) is 5.69 Å². The molecule has 35 heavy (non-hydrogen) atoms. The van der Waals surface area contributed by atoms with Crippen molar-refractivity contribution in [3.63, 3.8) is 0 Å². The fraction of sp³-hybridized carbons (Fsp3) is 0.138. The van der Waals surface area contributed by atoms with E-state index in [0.29, 0.717) is 17.4 Å². The molecule has 0 saturated carbocycles. The molecular formula is C29H25N3O2S. The summed E-state index contributed by atoms with van der Waals surface area (Å²) in [4.78, 5) is 17.6. The molecule has 2 N–H and O–H groups in total. The van der Waals surface area contributed by atoms with Gasteiger partial charge in [0.1, 0.15) is 5.52 Å². The highest BCUT2D eigenvalue weighted by atomic mass is 32.1. The van der Waals surface area contributed by atoms with Crippen molar-refractivity contribution in [1.29, 1.82) is 0 Å². The van der Waals surface area contributed by atoms with E-state index in [1.807, 2.05) is 66.7 Å². The Kier molecular flexibility index (Phi) is 6.29. The number of nitrogens with zero attached hydrogens (tertiary/aromatic N) is 1. The lowest BCUT2D eigenvalue weighted by molar-refractivity contribution is 0.0979. The first-order valence-electron chi connectivity index (χ1n) is 11.6. The predicted molar refractivity (Wildman–Crippen MR) is 146 cm³/mol. The number of carbonyl (C=O) groups is 1. The van der Waals surface area contributed by atoms with Crippen molar-refractivity contribution in [3.05, 3.63) is 96.1 Å². The number of hydrogen-bond acceptors (Lipinski definition) is 4. The van der Waals surface area contributed by atoms with Gasteiger partial charge in [-0.1, -0.05) is 62.4 Å². The molecule has 0 aliphatic heterocycles. The first-order valence-corrected chi connectivity index (χ1v) is 12.0. The van der Waals surface area contributed by atoms with Crippen molar-refractivity contribution < 1.29 is 9.21 Å². The van der Waals surface area contributed by atoms with Crippen molar-refractivity contribution >= 4 is 50.8 Å². The van der Waals surface area contributed by atoms with Crippen LogP contribution in [0.2, 0.25) is 0 Å². The molecule has 0 saturated heterocycles. The third-order valence-electron chi connectivity index (χ3n) is 6.22. The van der Waals surface area contributed by atoms with Crippen LogP contribution in [-0.4, -0.2) is 16.0 Å².